The third-order valence-corrected chi connectivity index (χ3v) is 5.41. The van der Waals surface area contributed by atoms with Crippen molar-refractivity contribution in [1.82, 2.24) is 10.2 Å². The number of alkyl halides is 3. The number of nitrogens with zero attached hydrogens (tertiary/aromatic N) is 1. The van der Waals surface area contributed by atoms with Crippen molar-refractivity contribution < 1.29 is 18.0 Å². The Balaban J connectivity index is 2.10. The molecule has 0 bridgehead atoms. The van der Waals surface area contributed by atoms with Gasteiger partial charge in [-0.25, -0.2) is 0 Å². The molecule has 2 aliphatic rings. The van der Waals surface area contributed by atoms with E-state index in [0.29, 0.717) is 19.5 Å². The summed E-state index contributed by atoms with van der Waals surface area (Å²) in [5.74, 6) is -0.440. The van der Waals surface area contributed by atoms with Gasteiger partial charge in [-0.1, -0.05) is 18.2 Å². The summed E-state index contributed by atoms with van der Waals surface area (Å²) in [6, 6.07) is 5.70. The minimum Gasteiger partial charge on any atom is -0.339 e. The molecule has 0 aliphatic carbocycles. The Morgan fingerprint density at radius 2 is 2.00 bits per heavy atom. The summed E-state index contributed by atoms with van der Waals surface area (Å²) in [5.41, 5.74) is -1.12. The monoisotopic (exact) mass is 340 g/mol. The van der Waals surface area contributed by atoms with Crippen molar-refractivity contribution in [2.24, 2.45) is 5.41 Å². The topological polar surface area (TPSA) is 32.3 Å². The van der Waals surface area contributed by atoms with Crippen LogP contribution in [0, 0.1) is 5.41 Å². The fraction of sp³-hybridized carbons (Fsp3) is 0.611. The molecule has 0 radical (unpaired) electrons. The van der Waals surface area contributed by atoms with Crippen LogP contribution < -0.4 is 5.32 Å². The Labute approximate surface area is 140 Å². The van der Waals surface area contributed by atoms with Crippen LogP contribution in [-0.4, -0.2) is 36.5 Å². The molecular formula is C18H23F3N2O. The summed E-state index contributed by atoms with van der Waals surface area (Å²) in [5, 5.41) is 3.24. The van der Waals surface area contributed by atoms with Gasteiger partial charge in [0, 0.05) is 25.0 Å². The molecule has 0 aromatic heterocycles. The number of nitrogens with one attached hydrogen (secondary N) is 1. The maximum atomic E-state index is 13.5. The molecule has 0 unspecified atom stereocenters. The van der Waals surface area contributed by atoms with E-state index in [1.165, 1.54) is 6.07 Å². The van der Waals surface area contributed by atoms with Crippen LogP contribution in [0.15, 0.2) is 24.3 Å². The van der Waals surface area contributed by atoms with Crippen molar-refractivity contribution in [3.63, 3.8) is 0 Å². The van der Waals surface area contributed by atoms with Crippen LogP contribution in [0.1, 0.15) is 43.7 Å². The Kier molecular flexibility index (Phi) is 4.36. The SMILES string of the molecule is CC(C)N1C[C@H](c2ccccc2C(F)(F)F)[C@]2(CCCNC2)C1=O. The first-order valence-electron chi connectivity index (χ1n) is 8.45. The third-order valence-electron chi connectivity index (χ3n) is 5.41. The summed E-state index contributed by atoms with van der Waals surface area (Å²) >= 11 is 0. The first-order valence-corrected chi connectivity index (χ1v) is 8.45. The lowest BCUT2D eigenvalue weighted by Gasteiger charge is -2.37. The van der Waals surface area contributed by atoms with Gasteiger partial charge in [0.1, 0.15) is 0 Å². The molecule has 3 rings (SSSR count). The maximum Gasteiger partial charge on any atom is 0.416 e. The molecule has 1 aromatic carbocycles. The van der Waals surface area contributed by atoms with E-state index in [1.807, 2.05) is 13.8 Å². The lowest BCUT2D eigenvalue weighted by atomic mass is 9.68. The summed E-state index contributed by atoms with van der Waals surface area (Å²) in [7, 11) is 0. The Morgan fingerprint density at radius 1 is 1.29 bits per heavy atom. The number of benzene rings is 1. The largest absolute Gasteiger partial charge is 0.416 e. The number of carbonyl (C=O) groups excluding carboxylic acids is 1. The smallest absolute Gasteiger partial charge is 0.339 e. The van der Waals surface area contributed by atoms with Crippen LogP contribution >= 0.6 is 0 Å². The zero-order valence-corrected chi connectivity index (χ0v) is 14.0. The zero-order chi connectivity index (χ0) is 17.5. The highest BCUT2D eigenvalue weighted by molar-refractivity contribution is 5.87. The van der Waals surface area contributed by atoms with Gasteiger partial charge in [-0.3, -0.25) is 4.79 Å². The molecule has 1 spiro atoms. The molecule has 132 valence electrons. The molecule has 2 atom stereocenters. The highest BCUT2D eigenvalue weighted by Crippen LogP contribution is 2.51. The van der Waals surface area contributed by atoms with Crippen molar-refractivity contribution in [2.45, 2.75) is 44.8 Å². The van der Waals surface area contributed by atoms with Crippen molar-refractivity contribution in [3.05, 3.63) is 35.4 Å². The number of amides is 1. The van der Waals surface area contributed by atoms with Crippen molar-refractivity contribution in [3.8, 4) is 0 Å². The summed E-state index contributed by atoms with van der Waals surface area (Å²) < 4.78 is 40.5. The number of hydrogen-bond acceptors (Lipinski definition) is 2. The summed E-state index contributed by atoms with van der Waals surface area (Å²) in [6.07, 6.45) is -2.96. The number of hydrogen-bond donors (Lipinski definition) is 1. The van der Waals surface area contributed by atoms with Crippen molar-refractivity contribution >= 4 is 5.91 Å². The van der Waals surface area contributed by atoms with E-state index >= 15 is 0 Å². The summed E-state index contributed by atoms with van der Waals surface area (Å²) in [6.45, 7) is 5.45. The molecule has 1 N–H and O–H groups in total. The van der Waals surface area contributed by atoms with E-state index in [0.717, 1.165) is 19.0 Å². The predicted octanol–water partition coefficient (Wildman–Crippen LogP) is 3.41. The molecule has 6 heteroatoms. The molecule has 1 aromatic rings. The highest BCUT2D eigenvalue weighted by Gasteiger charge is 2.56. The average molecular weight is 340 g/mol. The minimum atomic E-state index is -4.41. The fourth-order valence-corrected chi connectivity index (χ4v) is 4.20. The van der Waals surface area contributed by atoms with Gasteiger partial charge in [0.2, 0.25) is 5.91 Å². The van der Waals surface area contributed by atoms with E-state index in [9.17, 15) is 18.0 Å². The van der Waals surface area contributed by atoms with Gasteiger partial charge in [0.25, 0.3) is 0 Å². The number of rotatable bonds is 2. The van der Waals surface area contributed by atoms with Gasteiger partial charge in [0.15, 0.2) is 0 Å². The van der Waals surface area contributed by atoms with E-state index < -0.39 is 23.1 Å². The second kappa shape index (κ2) is 6.06. The van der Waals surface area contributed by atoms with Crippen molar-refractivity contribution in [2.75, 3.05) is 19.6 Å². The molecule has 0 saturated carbocycles. The number of halogens is 3. The number of likely N-dealkylation sites (tertiary alicyclic amines) is 1. The van der Waals surface area contributed by atoms with Crippen LogP contribution in [0.4, 0.5) is 13.2 Å². The first kappa shape index (κ1) is 17.3. The third kappa shape index (κ3) is 2.70. The van der Waals surface area contributed by atoms with Gasteiger partial charge in [0.05, 0.1) is 11.0 Å². The normalized spacial score (nSPS) is 28.2. The molecule has 2 heterocycles. The Morgan fingerprint density at radius 3 is 2.58 bits per heavy atom. The molecular weight excluding hydrogens is 317 g/mol. The van der Waals surface area contributed by atoms with Crippen LogP contribution in [0.25, 0.3) is 0 Å². The number of piperidine rings is 1. The van der Waals surface area contributed by atoms with Crippen molar-refractivity contribution in [1.29, 1.82) is 0 Å². The van der Waals surface area contributed by atoms with Crippen LogP contribution in [-0.2, 0) is 11.0 Å². The summed E-state index contributed by atoms with van der Waals surface area (Å²) in [4.78, 5) is 14.8. The van der Waals surface area contributed by atoms with E-state index in [-0.39, 0.29) is 17.5 Å². The van der Waals surface area contributed by atoms with Crippen LogP contribution in [0.5, 0.6) is 0 Å². The lowest BCUT2D eigenvalue weighted by molar-refractivity contribution is -0.141. The number of carbonyl (C=O) groups is 1. The first-order chi connectivity index (χ1) is 11.3. The maximum absolute atomic E-state index is 13.5. The lowest BCUT2D eigenvalue weighted by Crippen LogP contribution is -2.48. The minimum absolute atomic E-state index is 0.00771. The Bertz CT molecular complexity index is 621. The van der Waals surface area contributed by atoms with Gasteiger partial charge in [-0.2, -0.15) is 13.2 Å². The van der Waals surface area contributed by atoms with Crippen LogP contribution in [0.3, 0.4) is 0 Å². The average Bonchev–Trinajstić information content (AvgIpc) is 2.81. The van der Waals surface area contributed by atoms with Gasteiger partial charge >= 0.3 is 6.18 Å². The second-order valence-electron chi connectivity index (χ2n) is 7.13. The molecule has 2 saturated heterocycles. The molecule has 3 nitrogen and oxygen atoms in total. The highest BCUT2D eigenvalue weighted by atomic mass is 19.4. The standard InChI is InChI=1S/C18H23F3N2O/c1-12(2)23-10-15(17(16(23)24)8-5-9-22-11-17)13-6-3-4-7-14(13)18(19,20)21/h3-4,6-7,12,15,22H,5,8-11H2,1-2H3/t15-,17-/m1/s1. The molecule has 24 heavy (non-hydrogen) atoms. The Hall–Kier alpha value is -1.56. The predicted molar refractivity (Wildman–Crippen MR) is 85.6 cm³/mol. The van der Waals surface area contributed by atoms with Gasteiger partial charge in [-0.05, 0) is 44.9 Å². The van der Waals surface area contributed by atoms with Crippen LogP contribution in [0.2, 0.25) is 0 Å². The van der Waals surface area contributed by atoms with Gasteiger partial charge < -0.3 is 10.2 Å². The fourth-order valence-electron chi connectivity index (χ4n) is 4.20. The molecule has 2 fully saturated rings. The zero-order valence-electron chi connectivity index (χ0n) is 14.0. The molecule has 2 aliphatic heterocycles. The van der Waals surface area contributed by atoms with Gasteiger partial charge in [-0.15, -0.1) is 0 Å². The second-order valence-corrected chi connectivity index (χ2v) is 7.13. The van der Waals surface area contributed by atoms with E-state index in [4.69, 9.17) is 0 Å². The molecule has 1 amide bonds. The van der Waals surface area contributed by atoms with E-state index in [2.05, 4.69) is 5.32 Å². The quantitative estimate of drug-likeness (QED) is 0.895. The van der Waals surface area contributed by atoms with E-state index in [1.54, 1.807) is 17.0 Å².